The van der Waals surface area contributed by atoms with Gasteiger partial charge in [-0.1, -0.05) is 48.9 Å². The molecule has 3 aliphatic rings. The van der Waals surface area contributed by atoms with Gasteiger partial charge in [-0.2, -0.15) is 0 Å². The molecule has 2 aliphatic carbocycles. The molecule has 0 aromatic heterocycles. The maximum Gasteiger partial charge on any atom is 0.235 e. The molecule has 4 nitrogen and oxygen atoms in total. The molecule has 2 aromatic carbocycles. The molecule has 0 saturated heterocycles. The van der Waals surface area contributed by atoms with Crippen LogP contribution in [0.25, 0.3) is 0 Å². The lowest BCUT2D eigenvalue weighted by Gasteiger charge is -2.31. The standard InChI is InChI=1S/C23H21NO3/c1-24-17-12-6-9-14-15-10-5-11-16(22(15)26)19(20(18(14)17)23(24)27)21(25)13-7-3-2-4-8-13/h2-4,6-9,12,15-16,19-20H,5,10-11H2,1H3. The van der Waals surface area contributed by atoms with Gasteiger partial charge in [0, 0.05) is 36.1 Å². The molecule has 2 bridgehead atoms. The molecular weight excluding hydrogens is 338 g/mol. The van der Waals surface area contributed by atoms with Gasteiger partial charge in [0.2, 0.25) is 5.91 Å². The summed E-state index contributed by atoms with van der Waals surface area (Å²) in [7, 11) is 1.77. The van der Waals surface area contributed by atoms with Crippen LogP contribution < -0.4 is 4.90 Å². The molecule has 4 heteroatoms. The van der Waals surface area contributed by atoms with Gasteiger partial charge in [0.25, 0.3) is 0 Å². The number of Topliss-reactive ketones (excluding diaryl/α,β-unsaturated/α-hetero) is 2. The summed E-state index contributed by atoms with van der Waals surface area (Å²) in [5, 5.41) is 0. The first-order valence-corrected chi connectivity index (χ1v) is 9.63. The van der Waals surface area contributed by atoms with Crippen LogP contribution >= 0.6 is 0 Å². The molecule has 0 N–H and O–H groups in total. The Morgan fingerprint density at radius 3 is 2.56 bits per heavy atom. The van der Waals surface area contributed by atoms with E-state index in [9.17, 15) is 14.4 Å². The summed E-state index contributed by atoms with van der Waals surface area (Å²) in [5.41, 5.74) is 3.32. The highest BCUT2D eigenvalue weighted by Crippen LogP contribution is 2.54. The molecule has 1 saturated carbocycles. The fraction of sp³-hybridized carbons (Fsp3) is 0.348. The Hall–Kier alpha value is -2.75. The van der Waals surface area contributed by atoms with E-state index < -0.39 is 11.8 Å². The Morgan fingerprint density at radius 2 is 1.78 bits per heavy atom. The summed E-state index contributed by atoms with van der Waals surface area (Å²) >= 11 is 0. The smallest absolute Gasteiger partial charge is 0.235 e. The van der Waals surface area contributed by atoms with Crippen LogP contribution in [0.4, 0.5) is 5.69 Å². The molecule has 2 aromatic rings. The van der Waals surface area contributed by atoms with Gasteiger partial charge in [-0.05, 0) is 30.0 Å². The average Bonchev–Trinajstić information content (AvgIpc) is 2.93. The van der Waals surface area contributed by atoms with Crippen molar-refractivity contribution in [2.24, 2.45) is 11.8 Å². The Kier molecular flexibility index (Phi) is 3.58. The molecule has 136 valence electrons. The number of anilines is 1. The van der Waals surface area contributed by atoms with Gasteiger partial charge >= 0.3 is 0 Å². The van der Waals surface area contributed by atoms with Crippen molar-refractivity contribution in [3.8, 4) is 0 Å². The normalized spacial score (nSPS) is 28.7. The third kappa shape index (κ3) is 2.19. The van der Waals surface area contributed by atoms with Crippen molar-refractivity contribution >= 4 is 23.2 Å². The zero-order valence-corrected chi connectivity index (χ0v) is 15.2. The summed E-state index contributed by atoms with van der Waals surface area (Å²) in [4.78, 5) is 41.8. The number of fused-ring (bicyclic) bond motifs is 3. The number of carbonyl (C=O) groups excluding carboxylic acids is 3. The lowest BCUT2D eigenvalue weighted by atomic mass is 9.69. The molecular formula is C23H21NO3. The highest BCUT2D eigenvalue weighted by Gasteiger charge is 2.54. The molecule has 4 unspecified atom stereocenters. The van der Waals surface area contributed by atoms with E-state index in [0.717, 1.165) is 29.7 Å². The van der Waals surface area contributed by atoms with Crippen LogP contribution in [0.2, 0.25) is 0 Å². The van der Waals surface area contributed by atoms with Crippen LogP contribution in [0.5, 0.6) is 0 Å². The third-order valence-electron chi connectivity index (χ3n) is 6.63. The molecule has 0 spiro atoms. The Labute approximate surface area is 158 Å². The number of nitrogens with zero attached hydrogens (tertiary/aromatic N) is 1. The van der Waals surface area contributed by atoms with Gasteiger partial charge in [-0.15, -0.1) is 0 Å². The average molecular weight is 359 g/mol. The number of carbonyl (C=O) groups is 3. The van der Waals surface area contributed by atoms with Crippen molar-refractivity contribution in [3.63, 3.8) is 0 Å². The second-order valence-electron chi connectivity index (χ2n) is 7.90. The summed E-state index contributed by atoms with van der Waals surface area (Å²) in [6, 6.07) is 14.9. The predicted octanol–water partition coefficient (Wildman–Crippen LogP) is 3.71. The lowest BCUT2D eigenvalue weighted by molar-refractivity contribution is -0.128. The number of hydrogen-bond acceptors (Lipinski definition) is 3. The Bertz CT molecular complexity index is 965. The monoisotopic (exact) mass is 359 g/mol. The molecule has 4 atom stereocenters. The second-order valence-corrected chi connectivity index (χ2v) is 7.90. The van der Waals surface area contributed by atoms with Gasteiger partial charge < -0.3 is 4.90 Å². The first-order chi connectivity index (χ1) is 13.1. The van der Waals surface area contributed by atoms with E-state index in [0.29, 0.717) is 12.0 Å². The summed E-state index contributed by atoms with van der Waals surface area (Å²) in [6.07, 6.45) is 2.41. The summed E-state index contributed by atoms with van der Waals surface area (Å²) < 4.78 is 0. The van der Waals surface area contributed by atoms with Crippen LogP contribution in [-0.4, -0.2) is 24.5 Å². The van der Waals surface area contributed by atoms with E-state index >= 15 is 0 Å². The van der Waals surface area contributed by atoms with Crippen LogP contribution in [0, 0.1) is 11.8 Å². The largest absolute Gasteiger partial charge is 0.315 e. The number of likely N-dealkylation sites (N-methyl/N-ethyl adjacent to an activating group) is 1. The van der Waals surface area contributed by atoms with E-state index in [2.05, 4.69) is 0 Å². The summed E-state index contributed by atoms with van der Waals surface area (Å²) in [6.45, 7) is 0. The minimum atomic E-state index is -0.609. The number of rotatable bonds is 2. The van der Waals surface area contributed by atoms with E-state index in [1.807, 2.05) is 36.4 Å². The Morgan fingerprint density at radius 1 is 1.00 bits per heavy atom. The zero-order chi connectivity index (χ0) is 18.7. The Balaban J connectivity index is 1.75. The summed E-state index contributed by atoms with van der Waals surface area (Å²) in [5.74, 6) is -1.72. The number of hydrogen-bond donors (Lipinski definition) is 0. The van der Waals surface area contributed by atoms with Gasteiger partial charge in [0.1, 0.15) is 5.78 Å². The quantitative estimate of drug-likeness (QED) is 0.768. The van der Waals surface area contributed by atoms with Crippen LogP contribution in [0.3, 0.4) is 0 Å². The highest BCUT2D eigenvalue weighted by molar-refractivity contribution is 6.13. The minimum Gasteiger partial charge on any atom is -0.315 e. The first kappa shape index (κ1) is 16.4. The van der Waals surface area contributed by atoms with Crippen molar-refractivity contribution < 1.29 is 14.4 Å². The zero-order valence-electron chi connectivity index (χ0n) is 15.2. The van der Waals surface area contributed by atoms with Crippen LogP contribution in [0.15, 0.2) is 48.5 Å². The molecule has 1 fully saturated rings. The predicted molar refractivity (Wildman–Crippen MR) is 102 cm³/mol. The van der Waals surface area contributed by atoms with E-state index in [-0.39, 0.29) is 29.3 Å². The fourth-order valence-corrected chi connectivity index (χ4v) is 5.40. The minimum absolute atomic E-state index is 0.0629. The third-order valence-corrected chi connectivity index (χ3v) is 6.63. The van der Waals surface area contributed by atoms with E-state index in [1.165, 1.54) is 0 Å². The van der Waals surface area contributed by atoms with E-state index in [1.54, 1.807) is 24.1 Å². The SMILES string of the molecule is CN1C(=O)C2c3c(cccc31)C1CCCC(C1=O)C2C(=O)c1ccccc1. The second kappa shape index (κ2) is 5.88. The molecule has 1 heterocycles. The molecule has 1 aliphatic heterocycles. The van der Waals surface area contributed by atoms with E-state index in [4.69, 9.17) is 0 Å². The fourth-order valence-electron chi connectivity index (χ4n) is 5.40. The molecule has 1 amide bonds. The van der Waals surface area contributed by atoms with Crippen molar-refractivity contribution in [2.45, 2.75) is 31.1 Å². The van der Waals surface area contributed by atoms with Gasteiger partial charge in [0.15, 0.2) is 5.78 Å². The van der Waals surface area contributed by atoms with Crippen molar-refractivity contribution in [1.29, 1.82) is 0 Å². The topological polar surface area (TPSA) is 54.5 Å². The molecule has 27 heavy (non-hydrogen) atoms. The highest BCUT2D eigenvalue weighted by atomic mass is 16.2. The van der Waals surface area contributed by atoms with Crippen LogP contribution in [-0.2, 0) is 9.59 Å². The lowest BCUT2D eigenvalue weighted by Crippen LogP contribution is -2.40. The number of ketones is 2. The van der Waals surface area contributed by atoms with Crippen molar-refractivity contribution in [3.05, 3.63) is 65.2 Å². The number of amides is 1. The number of benzene rings is 2. The molecule has 0 radical (unpaired) electrons. The maximum absolute atomic E-state index is 13.5. The van der Waals surface area contributed by atoms with Gasteiger partial charge in [-0.3, -0.25) is 14.4 Å². The maximum atomic E-state index is 13.5. The van der Waals surface area contributed by atoms with Gasteiger partial charge in [0.05, 0.1) is 5.92 Å². The van der Waals surface area contributed by atoms with Crippen molar-refractivity contribution in [2.75, 3.05) is 11.9 Å². The van der Waals surface area contributed by atoms with Gasteiger partial charge in [-0.25, -0.2) is 0 Å². The first-order valence-electron chi connectivity index (χ1n) is 9.63. The molecule has 5 rings (SSSR count). The van der Waals surface area contributed by atoms with Crippen molar-refractivity contribution in [1.82, 2.24) is 0 Å². The van der Waals surface area contributed by atoms with Crippen LogP contribution in [0.1, 0.15) is 52.6 Å².